The minimum Gasteiger partial charge on any atom is -0.350 e. The first kappa shape index (κ1) is 14.8. The van der Waals surface area contributed by atoms with Crippen molar-refractivity contribution in [2.45, 2.75) is 20.4 Å². The SMILES string of the molecule is CC(=O)c1cnc(NCc2ccc(-n3cncn3)cc2)nc1C. The summed E-state index contributed by atoms with van der Waals surface area (Å²) in [5.41, 5.74) is 3.26. The number of aromatic nitrogens is 5. The van der Waals surface area contributed by atoms with Crippen molar-refractivity contribution in [2.75, 3.05) is 5.32 Å². The smallest absolute Gasteiger partial charge is 0.223 e. The molecule has 2 heterocycles. The van der Waals surface area contributed by atoms with Crippen molar-refractivity contribution in [3.8, 4) is 5.69 Å². The van der Waals surface area contributed by atoms with E-state index in [1.54, 1.807) is 24.1 Å². The summed E-state index contributed by atoms with van der Waals surface area (Å²) < 4.78 is 1.70. The number of nitrogens with one attached hydrogen (secondary N) is 1. The van der Waals surface area contributed by atoms with Gasteiger partial charge in [0.25, 0.3) is 0 Å². The van der Waals surface area contributed by atoms with E-state index in [4.69, 9.17) is 0 Å². The number of anilines is 1. The molecule has 3 aromatic rings. The molecule has 0 saturated heterocycles. The fourth-order valence-corrected chi connectivity index (χ4v) is 2.19. The number of hydrogen-bond donors (Lipinski definition) is 1. The van der Waals surface area contributed by atoms with Crippen LogP contribution in [0.15, 0.2) is 43.1 Å². The van der Waals surface area contributed by atoms with Gasteiger partial charge in [-0.1, -0.05) is 12.1 Å². The number of Topliss-reactive ketones (excluding diaryl/α,β-unsaturated/α-hetero) is 1. The summed E-state index contributed by atoms with van der Waals surface area (Å²) in [4.78, 5) is 23.8. The highest BCUT2D eigenvalue weighted by Gasteiger charge is 2.07. The van der Waals surface area contributed by atoms with Crippen molar-refractivity contribution >= 4 is 11.7 Å². The summed E-state index contributed by atoms with van der Waals surface area (Å²) >= 11 is 0. The van der Waals surface area contributed by atoms with Gasteiger partial charge in [0.2, 0.25) is 5.95 Å². The molecular weight excluding hydrogens is 292 g/mol. The van der Waals surface area contributed by atoms with Crippen molar-refractivity contribution in [1.29, 1.82) is 0 Å². The molecule has 0 aliphatic heterocycles. The van der Waals surface area contributed by atoms with E-state index in [-0.39, 0.29) is 5.78 Å². The quantitative estimate of drug-likeness (QED) is 0.727. The van der Waals surface area contributed by atoms with Crippen LogP contribution < -0.4 is 5.32 Å². The third-order valence-electron chi connectivity index (χ3n) is 3.43. The Labute approximate surface area is 133 Å². The molecule has 7 heteroatoms. The number of carbonyl (C=O) groups excluding carboxylic acids is 1. The van der Waals surface area contributed by atoms with Gasteiger partial charge in [-0.25, -0.2) is 19.6 Å². The maximum Gasteiger partial charge on any atom is 0.223 e. The lowest BCUT2D eigenvalue weighted by molar-refractivity contribution is 0.101. The summed E-state index contributed by atoms with van der Waals surface area (Å²) in [6, 6.07) is 7.94. The highest BCUT2D eigenvalue weighted by Crippen LogP contribution is 2.11. The fourth-order valence-electron chi connectivity index (χ4n) is 2.19. The molecule has 1 N–H and O–H groups in total. The van der Waals surface area contributed by atoms with Gasteiger partial charge in [-0.2, -0.15) is 5.10 Å². The van der Waals surface area contributed by atoms with Gasteiger partial charge in [-0.15, -0.1) is 0 Å². The number of nitrogens with zero attached hydrogens (tertiary/aromatic N) is 5. The molecule has 0 saturated carbocycles. The topological polar surface area (TPSA) is 85.6 Å². The van der Waals surface area contributed by atoms with Gasteiger partial charge in [-0.3, -0.25) is 4.79 Å². The Morgan fingerprint density at radius 3 is 2.65 bits per heavy atom. The van der Waals surface area contributed by atoms with Crippen LogP contribution in [0.5, 0.6) is 0 Å². The van der Waals surface area contributed by atoms with Crippen LogP contribution in [0.4, 0.5) is 5.95 Å². The van der Waals surface area contributed by atoms with Crippen LogP contribution >= 0.6 is 0 Å². The Balaban J connectivity index is 1.66. The zero-order valence-corrected chi connectivity index (χ0v) is 12.9. The number of hydrogen-bond acceptors (Lipinski definition) is 6. The van der Waals surface area contributed by atoms with E-state index in [0.717, 1.165) is 11.3 Å². The zero-order valence-electron chi connectivity index (χ0n) is 12.9. The molecular formula is C16H16N6O. The van der Waals surface area contributed by atoms with E-state index >= 15 is 0 Å². The Kier molecular flexibility index (Phi) is 4.09. The molecule has 2 aromatic heterocycles. The number of benzene rings is 1. The van der Waals surface area contributed by atoms with Gasteiger partial charge < -0.3 is 5.32 Å². The third kappa shape index (κ3) is 3.39. The highest BCUT2D eigenvalue weighted by atomic mass is 16.1. The number of carbonyl (C=O) groups is 1. The van der Waals surface area contributed by atoms with E-state index in [0.29, 0.717) is 23.8 Å². The monoisotopic (exact) mass is 308 g/mol. The van der Waals surface area contributed by atoms with Gasteiger partial charge in [0, 0.05) is 12.7 Å². The van der Waals surface area contributed by atoms with Crippen LogP contribution in [0.2, 0.25) is 0 Å². The van der Waals surface area contributed by atoms with E-state index in [1.165, 1.54) is 13.3 Å². The number of aryl methyl sites for hydroxylation is 1. The van der Waals surface area contributed by atoms with Crippen LogP contribution in [0.3, 0.4) is 0 Å². The predicted molar refractivity (Wildman–Crippen MR) is 85.5 cm³/mol. The van der Waals surface area contributed by atoms with Crippen LogP contribution in [-0.4, -0.2) is 30.5 Å². The van der Waals surface area contributed by atoms with E-state index in [1.807, 2.05) is 24.3 Å². The molecule has 0 unspecified atom stereocenters. The Bertz CT molecular complexity index is 811. The summed E-state index contributed by atoms with van der Waals surface area (Å²) in [5, 5.41) is 7.24. The van der Waals surface area contributed by atoms with Crippen molar-refractivity contribution in [2.24, 2.45) is 0 Å². The molecule has 0 aliphatic rings. The van der Waals surface area contributed by atoms with Gasteiger partial charge >= 0.3 is 0 Å². The standard InChI is InChI=1S/C16H16N6O/c1-11-15(12(2)23)8-19-16(21-11)18-7-13-3-5-14(6-4-13)22-10-17-9-20-22/h3-6,8-10H,7H2,1-2H3,(H,18,19,21). The first-order chi connectivity index (χ1) is 11.1. The Morgan fingerprint density at radius 2 is 2.04 bits per heavy atom. The molecule has 116 valence electrons. The second-order valence-electron chi connectivity index (χ2n) is 5.11. The zero-order chi connectivity index (χ0) is 16.2. The molecule has 0 atom stereocenters. The first-order valence-electron chi connectivity index (χ1n) is 7.16. The minimum atomic E-state index is -0.0299. The Hall–Kier alpha value is -3.09. The maximum atomic E-state index is 11.4. The van der Waals surface area contributed by atoms with Crippen LogP contribution in [0, 0.1) is 6.92 Å². The molecule has 0 radical (unpaired) electrons. The molecule has 0 bridgehead atoms. The molecule has 1 aromatic carbocycles. The van der Waals surface area contributed by atoms with Crippen molar-refractivity contribution in [3.05, 3.63) is 59.9 Å². The predicted octanol–water partition coefficient (Wildman–Crippen LogP) is 2.18. The first-order valence-corrected chi connectivity index (χ1v) is 7.16. The molecule has 7 nitrogen and oxygen atoms in total. The molecule has 23 heavy (non-hydrogen) atoms. The molecule has 0 fully saturated rings. The molecule has 0 aliphatic carbocycles. The van der Waals surface area contributed by atoms with Crippen molar-refractivity contribution in [1.82, 2.24) is 24.7 Å². The molecule has 0 amide bonds. The fraction of sp³-hybridized carbons (Fsp3) is 0.188. The average molecular weight is 308 g/mol. The lowest BCUT2D eigenvalue weighted by Gasteiger charge is -2.08. The summed E-state index contributed by atoms with van der Waals surface area (Å²) in [7, 11) is 0. The molecule has 0 spiro atoms. The molecule has 3 rings (SSSR count). The summed E-state index contributed by atoms with van der Waals surface area (Å²) in [5.74, 6) is 0.477. The Morgan fingerprint density at radius 1 is 1.26 bits per heavy atom. The number of ketones is 1. The second kappa shape index (κ2) is 6.35. The lowest BCUT2D eigenvalue weighted by atomic mass is 10.2. The van der Waals surface area contributed by atoms with Gasteiger partial charge in [0.15, 0.2) is 5.78 Å². The summed E-state index contributed by atoms with van der Waals surface area (Å²) in [6.07, 6.45) is 4.71. The maximum absolute atomic E-state index is 11.4. The van der Waals surface area contributed by atoms with Gasteiger partial charge in [0.05, 0.1) is 16.9 Å². The third-order valence-corrected chi connectivity index (χ3v) is 3.43. The van der Waals surface area contributed by atoms with E-state index < -0.39 is 0 Å². The van der Waals surface area contributed by atoms with Crippen molar-refractivity contribution in [3.63, 3.8) is 0 Å². The second-order valence-corrected chi connectivity index (χ2v) is 5.11. The number of rotatable bonds is 5. The lowest BCUT2D eigenvalue weighted by Crippen LogP contribution is -2.07. The average Bonchev–Trinajstić information content (AvgIpc) is 3.07. The minimum absolute atomic E-state index is 0.0299. The van der Waals surface area contributed by atoms with Gasteiger partial charge in [-0.05, 0) is 31.5 Å². The highest BCUT2D eigenvalue weighted by molar-refractivity contribution is 5.94. The van der Waals surface area contributed by atoms with Gasteiger partial charge in [0.1, 0.15) is 12.7 Å². The van der Waals surface area contributed by atoms with Crippen LogP contribution in [0.1, 0.15) is 28.5 Å². The summed E-state index contributed by atoms with van der Waals surface area (Å²) in [6.45, 7) is 3.91. The largest absolute Gasteiger partial charge is 0.350 e. The van der Waals surface area contributed by atoms with Crippen LogP contribution in [0.25, 0.3) is 5.69 Å². The van der Waals surface area contributed by atoms with Crippen LogP contribution in [-0.2, 0) is 6.54 Å². The normalized spacial score (nSPS) is 10.5. The van der Waals surface area contributed by atoms with E-state index in [9.17, 15) is 4.79 Å². The van der Waals surface area contributed by atoms with Crippen molar-refractivity contribution < 1.29 is 4.79 Å². The van der Waals surface area contributed by atoms with E-state index in [2.05, 4.69) is 25.4 Å².